The Morgan fingerprint density at radius 3 is 2.48 bits per heavy atom. The highest BCUT2D eigenvalue weighted by atomic mass is 16.5. The standard InChI is InChI=1S/C22H26N2O3/c1-3-18-8-6-7-15-24(18)22(26)17-13-11-16(12-14-17)21(25)23-19-9-4-5-10-20(19)27-2/h4-5,9-14,18H,3,6-8,15H2,1-2H3,(H,23,25). The zero-order valence-corrected chi connectivity index (χ0v) is 15.9. The lowest BCUT2D eigenvalue weighted by Gasteiger charge is -2.35. The van der Waals surface area contributed by atoms with Crippen LogP contribution in [0.2, 0.25) is 0 Å². The molecule has 5 nitrogen and oxygen atoms in total. The molecule has 2 amide bonds. The number of anilines is 1. The molecule has 5 heteroatoms. The van der Waals surface area contributed by atoms with Crippen LogP contribution in [0, 0.1) is 0 Å². The van der Waals surface area contributed by atoms with E-state index in [-0.39, 0.29) is 11.8 Å². The maximum atomic E-state index is 12.8. The van der Waals surface area contributed by atoms with E-state index in [0.29, 0.717) is 28.6 Å². The predicted octanol–water partition coefficient (Wildman–Crippen LogP) is 4.35. The summed E-state index contributed by atoms with van der Waals surface area (Å²) >= 11 is 0. The minimum Gasteiger partial charge on any atom is -0.495 e. The molecule has 3 rings (SSSR count). The first kappa shape index (κ1) is 19.0. The number of carbonyl (C=O) groups is 2. The lowest BCUT2D eigenvalue weighted by molar-refractivity contribution is 0.0607. The van der Waals surface area contributed by atoms with Crippen LogP contribution < -0.4 is 10.1 Å². The molecule has 27 heavy (non-hydrogen) atoms. The van der Waals surface area contributed by atoms with Crippen LogP contribution >= 0.6 is 0 Å². The van der Waals surface area contributed by atoms with Gasteiger partial charge in [0.15, 0.2) is 0 Å². The molecule has 0 bridgehead atoms. The van der Waals surface area contributed by atoms with Crippen molar-refractivity contribution in [2.45, 2.75) is 38.6 Å². The molecule has 142 valence electrons. The summed E-state index contributed by atoms with van der Waals surface area (Å²) in [5.74, 6) is 0.425. The number of ether oxygens (including phenoxy) is 1. The Balaban J connectivity index is 1.71. The third kappa shape index (κ3) is 4.30. The highest BCUT2D eigenvalue weighted by molar-refractivity contribution is 6.05. The van der Waals surface area contributed by atoms with E-state index in [1.807, 2.05) is 17.0 Å². The average molecular weight is 366 g/mol. The van der Waals surface area contributed by atoms with Gasteiger partial charge < -0.3 is 15.0 Å². The van der Waals surface area contributed by atoms with Crippen LogP contribution in [0.25, 0.3) is 0 Å². The molecule has 1 heterocycles. The topological polar surface area (TPSA) is 58.6 Å². The van der Waals surface area contributed by atoms with Gasteiger partial charge in [-0.15, -0.1) is 0 Å². The molecule has 1 unspecified atom stereocenters. The number of hydrogen-bond acceptors (Lipinski definition) is 3. The van der Waals surface area contributed by atoms with Gasteiger partial charge in [0.25, 0.3) is 11.8 Å². The summed E-state index contributed by atoms with van der Waals surface area (Å²) < 4.78 is 5.26. The molecule has 1 aliphatic heterocycles. The first-order valence-corrected chi connectivity index (χ1v) is 9.49. The molecule has 0 saturated carbocycles. The number of para-hydroxylation sites is 2. The maximum Gasteiger partial charge on any atom is 0.255 e. The summed E-state index contributed by atoms with van der Waals surface area (Å²) in [5.41, 5.74) is 1.75. The number of likely N-dealkylation sites (tertiary alicyclic amines) is 1. The zero-order valence-electron chi connectivity index (χ0n) is 15.9. The van der Waals surface area contributed by atoms with Crippen molar-refractivity contribution >= 4 is 17.5 Å². The molecular weight excluding hydrogens is 340 g/mol. The van der Waals surface area contributed by atoms with Gasteiger partial charge in [0, 0.05) is 23.7 Å². The van der Waals surface area contributed by atoms with Gasteiger partial charge in [0.05, 0.1) is 12.8 Å². The fourth-order valence-corrected chi connectivity index (χ4v) is 3.56. The molecule has 2 aromatic carbocycles. The van der Waals surface area contributed by atoms with Gasteiger partial charge in [-0.25, -0.2) is 0 Å². The number of piperidine rings is 1. The minimum atomic E-state index is -0.233. The number of nitrogens with one attached hydrogen (secondary N) is 1. The predicted molar refractivity (Wildman–Crippen MR) is 106 cm³/mol. The van der Waals surface area contributed by atoms with Crippen LogP contribution in [0.5, 0.6) is 5.75 Å². The van der Waals surface area contributed by atoms with Gasteiger partial charge in [-0.05, 0) is 62.1 Å². The number of methoxy groups -OCH3 is 1. The molecule has 0 spiro atoms. The van der Waals surface area contributed by atoms with Crippen molar-refractivity contribution < 1.29 is 14.3 Å². The molecule has 0 aromatic heterocycles. The summed E-state index contributed by atoms with van der Waals surface area (Å²) in [6.07, 6.45) is 4.29. The van der Waals surface area contributed by atoms with E-state index in [1.165, 1.54) is 6.42 Å². The van der Waals surface area contributed by atoms with Crippen LogP contribution in [0.15, 0.2) is 48.5 Å². The fourth-order valence-electron chi connectivity index (χ4n) is 3.56. The van der Waals surface area contributed by atoms with Crippen LogP contribution in [0.4, 0.5) is 5.69 Å². The molecule has 1 atom stereocenters. The van der Waals surface area contributed by atoms with E-state index in [9.17, 15) is 9.59 Å². The molecule has 1 aliphatic rings. The van der Waals surface area contributed by atoms with Crippen LogP contribution in [-0.2, 0) is 0 Å². The normalized spacial score (nSPS) is 16.7. The smallest absolute Gasteiger partial charge is 0.255 e. The third-order valence-electron chi connectivity index (χ3n) is 5.11. The minimum absolute atomic E-state index is 0.0539. The number of rotatable bonds is 5. The Morgan fingerprint density at radius 2 is 1.78 bits per heavy atom. The second-order valence-corrected chi connectivity index (χ2v) is 6.79. The summed E-state index contributed by atoms with van der Waals surface area (Å²) in [4.78, 5) is 27.3. The van der Waals surface area contributed by atoms with Gasteiger partial charge in [0.1, 0.15) is 5.75 Å². The Morgan fingerprint density at radius 1 is 1.07 bits per heavy atom. The van der Waals surface area contributed by atoms with E-state index in [4.69, 9.17) is 4.74 Å². The van der Waals surface area contributed by atoms with Gasteiger partial charge >= 0.3 is 0 Å². The molecule has 1 fully saturated rings. The molecule has 0 aliphatic carbocycles. The Labute approximate surface area is 160 Å². The quantitative estimate of drug-likeness (QED) is 0.856. The molecule has 1 saturated heterocycles. The van der Waals surface area contributed by atoms with Crippen molar-refractivity contribution in [3.63, 3.8) is 0 Å². The van der Waals surface area contributed by atoms with E-state index in [1.54, 1.807) is 43.5 Å². The van der Waals surface area contributed by atoms with Gasteiger partial charge in [0.2, 0.25) is 0 Å². The maximum absolute atomic E-state index is 12.8. The molecule has 1 N–H and O–H groups in total. The van der Waals surface area contributed by atoms with Crippen molar-refractivity contribution in [2.24, 2.45) is 0 Å². The Bertz CT molecular complexity index is 801. The zero-order chi connectivity index (χ0) is 19.2. The van der Waals surface area contributed by atoms with Crippen molar-refractivity contribution in [3.8, 4) is 5.75 Å². The summed E-state index contributed by atoms with van der Waals surface area (Å²) in [7, 11) is 1.57. The summed E-state index contributed by atoms with van der Waals surface area (Å²) in [5, 5.41) is 2.85. The van der Waals surface area contributed by atoms with Gasteiger partial charge in [-0.2, -0.15) is 0 Å². The number of hydrogen-bond donors (Lipinski definition) is 1. The first-order chi connectivity index (χ1) is 13.1. The lowest BCUT2D eigenvalue weighted by Crippen LogP contribution is -2.43. The van der Waals surface area contributed by atoms with Gasteiger partial charge in [-0.3, -0.25) is 9.59 Å². The number of amides is 2. The first-order valence-electron chi connectivity index (χ1n) is 9.49. The molecule has 0 radical (unpaired) electrons. The van der Waals surface area contributed by atoms with Gasteiger partial charge in [-0.1, -0.05) is 19.1 Å². The van der Waals surface area contributed by atoms with Crippen molar-refractivity contribution in [1.29, 1.82) is 0 Å². The number of benzene rings is 2. The van der Waals surface area contributed by atoms with E-state index in [0.717, 1.165) is 25.8 Å². The van der Waals surface area contributed by atoms with E-state index >= 15 is 0 Å². The fraction of sp³-hybridized carbons (Fsp3) is 0.364. The highest BCUT2D eigenvalue weighted by Crippen LogP contribution is 2.24. The summed E-state index contributed by atoms with van der Waals surface area (Å²) in [6, 6.07) is 14.4. The third-order valence-corrected chi connectivity index (χ3v) is 5.11. The lowest BCUT2D eigenvalue weighted by atomic mass is 9.98. The van der Waals surface area contributed by atoms with E-state index in [2.05, 4.69) is 12.2 Å². The van der Waals surface area contributed by atoms with Crippen molar-refractivity contribution in [2.75, 3.05) is 19.0 Å². The van der Waals surface area contributed by atoms with Crippen molar-refractivity contribution in [1.82, 2.24) is 4.90 Å². The monoisotopic (exact) mass is 366 g/mol. The van der Waals surface area contributed by atoms with Crippen LogP contribution in [-0.4, -0.2) is 36.4 Å². The highest BCUT2D eigenvalue weighted by Gasteiger charge is 2.26. The second-order valence-electron chi connectivity index (χ2n) is 6.79. The van der Waals surface area contributed by atoms with Crippen molar-refractivity contribution in [3.05, 3.63) is 59.7 Å². The largest absolute Gasteiger partial charge is 0.495 e. The van der Waals surface area contributed by atoms with Crippen LogP contribution in [0.3, 0.4) is 0 Å². The molecule has 2 aromatic rings. The average Bonchev–Trinajstić information content (AvgIpc) is 2.73. The number of nitrogens with zero attached hydrogens (tertiary/aromatic N) is 1. The number of carbonyl (C=O) groups excluding carboxylic acids is 2. The SMILES string of the molecule is CCC1CCCCN1C(=O)c1ccc(C(=O)Nc2ccccc2OC)cc1. The van der Waals surface area contributed by atoms with Crippen LogP contribution in [0.1, 0.15) is 53.3 Å². The van der Waals surface area contributed by atoms with E-state index < -0.39 is 0 Å². The Hall–Kier alpha value is -2.82. The summed E-state index contributed by atoms with van der Waals surface area (Å²) in [6.45, 7) is 2.94. The second kappa shape index (κ2) is 8.71. The Kier molecular flexibility index (Phi) is 6.12. The molecular formula is C22H26N2O3.